The molecule has 2 aromatic carbocycles. The van der Waals surface area contributed by atoms with Crippen LogP contribution in [0.2, 0.25) is 0 Å². The Hall–Kier alpha value is -3.85. The summed E-state index contributed by atoms with van der Waals surface area (Å²) in [6.07, 6.45) is 2.45. The van der Waals surface area contributed by atoms with E-state index < -0.39 is 33.5 Å². The predicted molar refractivity (Wildman–Crippen MR) is 111 cm³/mol. The fourth-order valence-corrected chi connectivity index (χ4v) is 4.61. The van der Waals surface area contributed by atoms with Crippen molar-refractivity contribution in [3.63, 3.8) is 0 Å². The first kappa shape index (κ1) is 20.4. The number of carbonyl (C=O) groups excluding carboxylic acids is 4. The predicted octanol–water partition coefficient (Wildman–Crippen LogP) is 2.16. The molecule has 4 rings (SSSR count). The van der Waals surface area contributed by atoms with E-state index in [4.69, 9.17) is 0 Å². The van der Waals surface area contributed by atoms with Crippen molar-refractivity contribution < 1.29 is 27.6 Å². The quantitative estimate of drug-likeness (QED) is 0.680. The Morgan fingerprint density at radius 2 is 0.903 bits per heavy atom. The maximum absolute atomic E-state index is 12.9. The third-order valence-electron chi connectivity index (χ3n) is 5.01. The second-order valence-electron chi connectivity index (χ2n) is 7.10. The molecule has 2 aliphatic heterocycles. The van der Waals surface area contributed by atoms with E-state index >= 15 is 0 Å². The highest BCUT2D eigenvalue weighted by atomic mass is 32.2. The van der Waals surface area contributed by atoms with Crippen LogP contribution in [-0.4, -0.2) is 32.0 Å². The minimum Gasteiger partial charge on any atom is -0.269 e. The highest BCUT2D eigenvalue weighted by molar-refractivity contribution is 7.91. The molecule has 0 aromatic heterocycles. The van der Waals surface area contributed by atoms with Gasteiger partial charge in [-0.2, -0.15) is 0 Å². The number of sulfone groups is 1. The molecular formula is C22H16N2O6S. The van der Waals surface area contributed by atoms with Crippen LogP contribution in [-0.2, 0) is 29.0 Å². The molecule has 0 bridgehead atoms. The Morgan fingerprint density at radius 1 is 0.581 bits per heavy atom. The normalized spacial score (nSPS) is 16.8. The summed E-state index contributed by atoms with van der Waals surface area (Å²) in [7, 11) is -3.90. The molecule has 156 valence electrons. The number of hydrogen-bond acceptors (Lipinski definition) is 6. The van der Waals surface area contributed by atoms with Gasteiger partial charge in [-0.3, -0.25) is 19.2 Å². The van der Waals surface area contributed by atoms with Crippen molar-refractivity contribution in [1.29, 1.82) is 0 Å². The zero-order valence-electron chi connectivity index (χ0n) is 16.5. The third-order valence-corrected chi connectivity index (χ3v) is 6.80. The van der Waals surface area contributed by atoms with Crippen LogP contribution in [0.25, 0.3) is 0 Å². The van der Waals surface area contributed by atoms with Crippen LogP contribution in [0.4, 0.5) is 11.4 Å². The van der Waals surface area contributed by atoms with Crippen LogP contribution in [0.5, 0.6) is 0 Å². The van der Waals surface area contributed by atoms with Gasteiger partial charge < -0.3 is 0 Å². The SMILES string of the molecule is CC1=CC(=O)N(c2ccc(S(=O)(=O)c3ccc(N4C(=O)C=C(C)C4=O)cc3)cc2)C1=O. The maximum atomic E-state index is 12.9. The highest BCUT2D eigenvalue weighted by Gasteiger charge is 2.31. The molecule has 0 fully saturated rings. The Morgan fingerprint density at radius 3 is 1.16 bits per heavy atom. The molecule has 0 saturated carbocycles. The molecule has 0 N–H and O–H groups in total. The molecule has 0 aliphatic carbocycles. The Bertz CT molecular complexity index is 1220. The number of imide groups is 2. The first-order chi connectivity index (χ1) is 14.6. The highest BCUT2D eigenvalue weighted by Crippen LogP contribution is 2.29. The summed E-state index contributed by atoms with van der Waals surface area (Å²) >= 11 is 0. The summed E-state index contributed by atoms with van der Waals surface area (Å²) in [6.45, 7) is 3.06. The summed E-state index contributed by atoms with van der Waals surface area (Å²) in [6, 6.07) is 10.8. The summed E-state index contributed by atoms with van der Waals surface area (Å²) in [5, 5.41) is 0. The number of carbonyl (C=O) groups is 4. The molecular weight excluding hydrogens is 420 g/mol. The molecule has 0 radical (unpaired) electrons. The summed E-state index contributed by atoms with van der Waals surface area (Å²) in [4.78, 5) is 50.0. The maximum Gasteiger partial charge on any atom is 0.261 e. The summed E-state index contributed by atoms with van der Waals surface area (Å²) < 4.78 is 25.9. The van der Waals surface area contributed by atoms with Gasteiger partial charge in [-0.05, 0) is 62.4 Å². The lowest BCUT2D eigenvalue weighted by molar-refractivity contribution is -0.121. The Balaban J connectivity index is 1.59. The molecule has 0 saturated heterocycles. The van der Waals surface area contributed by atoms with Gasteiger partial charge in [-0.1, -0.05) is 0 Å². The molecule has 8 nitrogen and oxygen atoms in total. The Kier molecular flexibility index (Phi) is 4.70. The molecule has 0 spiro atoms. The molecule has 9 heteroatoms. The van der Waals surface area contributed by atoms with E-state index in [-0.39, 0.29) is 21.2 Å². The monoisotopic (exact) mass is 436 g/mol. The van der Waals surface area contributed by atoms with Crippen LogP contribution >= 0.6 is 0 Å². The van der Waals surface area contributed by atoms with Gasteiger partial charge in [0.05, 0.1) is 21.2 Å². The van der Waals surface area contributed by atoms with Crippen LogP contribution in [0, 0.1) is 0 Å². The van der Waals surface area contributed by atoms with Crippen LogP contribution < -0.4 is 9.80 Å². The zero-order chi connectivity index (χ0) is 22.5. The van der Waals surface area contributed by atoms with Gasteiger partial charge in [0.25, 0.3) is 23.6 Å². The average Bonchev–Trinajstić information content (AvgIpc) is 3.14. The van der Waals surface area contributed by atoms with Gasteiger partial charge in [0.15, 0.2) is 0 Å². The third kappa shape index (κ3) is 3.28. The smallest absolute Gasteiger partial charge is 0.261 e. The van der Waals surface area contributed by atoms with Crippen molar-refractivity contribution in [3.8, 4) is 0 Å². The van der Waals surface area contributed by atoms with E-state index in [9.17, 15) is 27.6 Å². The van der Waals surface area contributed by atoms with Gasteiger partial charge >= 0.3 is 0 Å². The van der Waals surface area contributed by atoms with Gasteiger partial charge in [0.1, 0.15) is 0 Å². The fraction of sp³-hybridized carbons (Fsp3) is 0.0909. The van der Waals surface area contributed by atoms with Gasteiger partial charge in [-0.25, -0.2) is 18.2 Å². The van der Waals surface area contributed by atoms with E-state index in [1.54, 1.807) is 0 Å². The van der Waals surface area contributed by atoms with Gasteiger partial charge in [0.2, 0.25) is 9.84 Å². The topological polar surface area (TPSA) is 109 Å². The van der Waals surface area contributed by atoms with Crippen molar-refractivity contribution in [3.05, 3.63) is 71.8 Å². The second-order valence-corrected chi connectivity index (χ2v) is 9.05. The van der Waals surface area contributed by atoms with Crippen molar-refractivity contribution in [1.82, 2.24) is 0 Å². The number of amides is 4. The minimum atomic E-state index is -3.90. The largest absolute Gasteiger partial charge is 0.269 e. The van der Waals surface area contributed by atoms with Crippen LogP contribution in [0.3, 0.4) is 0 Å². The van der Waals surface area contributed by atoms with Crippen molar-refractivity contribution >= 4 is 44.8 Å². The number of anilines is 2. The van der Waals surface area contributed by atoms with E-state index in [2.05, 4.69) is 0 Å². The first-order valence-electron chi connectivity index (χ1n) is 9.20. The van der Waals surface area contributed by atoms with Crippen LogP contribution in [0.1, 0.15) is 13.8 Å². The molecule has 4 amide bonds. The van der Waals surface area contributed by atoms with Crippen molar-refractivity contribution in [2.45, 2.75) is 23.6 Å². The van der Waals surface area contributed by atoms with Gasteiger partial charge in [0, 0.05) is 23.3 Å². The van der Waals surface area contributed by atoms with E-state index in [0.29, 0.717) is 11.1 Å². The van der Waals surface area contributed by atoms with E-state index in [1.807, 2.05) is 0 Å². The molecule has 2 heterocycles. The number of rotatable bonds is 4. The molecule has 2 aliphatic rings. The van der Waals surface area contributed by atoms with E-state index in [1.165, 1.54) is 74.5 Å². The lowest BCUT2D eigenvalue weighted by atomic mass is 10.2. The lowest BCUT2D eigenvalue weighted by Gasteiger charge is -2.16. The molecule has 31 heavy (non-hydrogen) atoms. The molecule has 0 unspecified atom stereocenters. The van der Waals surface area contributed by atoms with Crippen molar-refractivity contribution in [2.75, 3.05) is 9.80 Å². The average molecular weight is 436 g/mol. The molecule has 0 atom stereocenters. The second kappa shape index (κ2) is 7.13. The standard InChI is InChI=1S/C22H16N2O6S/c1-13-11-19(25)23(21(13)27)15-3-7-17(8-4-15)31(29,30)18-9-5-16(6-10-18)24-20(26)12-14(2)22(24)28/h3-12H,1-2H3. The van der Waals surface area contributed by atoms with Crippen LogP contribution in [0.15, 0.2) is 81.6 Å². The van der Waals surface area contributed by atoms with Gasteiger partial charge in [-0.15, -0.1) is 0 Å². The summed E-state index contributed by atoms with van der Waals surface area (Å²) in [5.41, 5.74) is 1.15. The van der Waals surface area contributed by atoms with Crippen molar-refractivity contribution in [2.24, 2.45) is 0 Å². The summed E-state index contributed by atoms with van der Waals surface area (Å²) in [5.74, 6) is -1.87. The van der Waals surface area contributed by atoms with E-state index in [0.717, 1.165) is 9.80 Å². The zero-order valence-corrected chi connectivity index (χ0v) is 17.3. The first-order valence-corrected chi connectivity index (χ1v) is 10.7. The minimum absolute atomic E-state index is 0.0291. The number of hydrogen-bond donors (Lipinski definition) is 0. The fourth-order valence-electron chi connectivity index (χ4n) is 3.35. The Labute approximate surface area is 178 Å². The lowest BCUT2D eigenvalue weighted by Crippen LogP contribution is -2.30. The molecule has 2 aromatic rings. The number of benzene rings is 2. The number of nitrogens with zero attached hydrogens (tertiary/aromatic N) is 2.